The molecule has 0 radical (unpaired) electrons. The van der Waals surface area contributed by atoms with Crippen LogP contribution in [0.5, 0.6) is 0 Å². The van der Waals surface area contributed by atoms with E-state index in [0.29, 0.717) is 11.4 Å². The standard InChI is InChI=1S/C14H17N3O2/c1-8-7-11(15-4)5-6-12(8)13(18)16-14-9(2)10(3)17-19-14/h5-7,15H,1-4H3,(H,16,18). The summed E-state index contributed by atoms with van der Waals surface area (Å²) in [5.74, 6) is 0.207. The molecule has 1 heterocycles. The van der Waals surface area contributed by atoms with Crippen LogP contribution in [0.1, 0.15) is 27.2 Å². The highest BCUT2D eigenvalue weighted by Crippen LogP contribution is 2.20. The van der Waals surface area contributed by atoms with Crippen LogP contribution in [-0.2, 0) is 0 Å². The maximum Gasteiger partial charge on any atom is 0.258 e. The molecule has 5 heteroatoms. The van der Waals surface area contributed by atoms with Gasteiger partial charge in [-0.2, -0.15) is 0 Å². The fourth-order valence-corrected chi connectivity index (χ4v) is 1.78. The molecular weight excluding hydrogens is 242 g/mol. The molecule has 2 rings (SSSR count). The summed E-state index contributed by atoms with van der Waals surface area (Å²) in [4.78, 5) is 12.2. The Bertz CT molecular complexity index is 617. The molecule has 0 atom stereocenters. The van der Waals surface area contributed by atoms with Crippen molar-refractivity contribution < 1.29 is 9.32 Å². The van der Waals surface area contributed by atoms with Gasteiger partial charge in [0.25, 0.3) is 5.91 Å². The maximum absolute atomic E-state index is 12.2. The van der Waals surface area contributed by atoms with E-state index in [-0.39, 0.29) is 5.91 Å². The van der Waals surface area contributed by atoms with Crippen molar-refractivity contribution in [2.24, 2.45) is 0 Å². The zero-order chi connectivity index (χ0) is 14.0. The molecule has 1 aromatic heterocycles. The van der Waals surface area contributed by atoms with Crippen molar-refractivity contribution in [3.8, 4) is 0 Å². The highest BCUT2D eigenvalue weighted by Gasteiger charge is 2.14. The van der Waals surface area contributed by atoms with Crippen molar-refractivity contribution in [1.29, 1.82) is 0 Å². The van der Waals surface area contributed by atoms with Gasteiger partial charge >= 0.3 is 0 Å². The molecular formula is C14H17N3O2. The van der Waals surface area contributed by atoms with E-state index >= 15 is 0 Å². The second-order valence-electron chi connectivity index (χ2n) is 4.46. The quantitative estimate of drug-likeness (QED) is 0.889. The number of rotatable bonds is 3. The summed E-state index contributed by atoms with van der Waals surface area (Å²) in [7, 11) is 1.84. The van der Waals surface area contributed by atoms with Crippen molar-refractivity contribution in [2.75, 3.05) is 17.7 Å². The molecule has 0 spiro atoms. The van der Waals surface area contributed by atoms with E-state index in [1.165, 1.54) is 0 Å². The molecule has 100 valence electrons. The molecule has 2 aromatic rings. The molecule has 1 aromatic carbocycles. The number of aryl methyl sites for hydroxylation is 2. The van der Waals surface area contributed by atoms with Crippen molar-refractivity contribution in [3.63, 3.8) is 0 Å². The maximum atomic E-state index is 12.2. The fourth-order valence-electron chi connectivity index (χ4n) is 1.78. The summed E-state index contributed by atoms with van der Waals surface area (Å²) >= 11 is 0. The van der Waals surface area contributed by atoms with E-state index in [1.54, 1.807) is 6.07 Å². The van der Waals surface area contributed by atoms with Crippen LogP contribution in [-0.4, -0.2) is 18.1 Å². The van der Waals surface area contributed by atoms with Gasteiger partial charge in [0.2, 0.25) is 5.88 Å². The van der Waals surface area contributed by atoms with Crippen LogP contribution in [0.15, 0.2) is 22.7 Å². The van der Waals surface area contributed by atoms with Gasteiger partial charge in [0.05, 0.1) is 5.69 Å². The summed E-state index contributed by atoms with van der Waals surface area (Å²) in [5.41, 5.74) is 4.11. The lowest BCUT2D eigenvalue weighted by atomic mass is 10.1. The lowest BCUT2D eigenvalue weighted by Gasteiger charge is -2.08. The van der Waals surface area contributed by atoms with Crippen LogP contribution >= 0.6 is 0 Å². The molecule has 0 fully saturated rings. The highest BCUT2D eigenvalue weighted by atomic mass is 16.5. The van der Waals surface area contributed by atoms with Crippen LogP contribution < -0.4 is 10.6 Å². The lowest BCUT2D eigenvalue weighted by molar-refractivity contribution is 0.102. The largest absolute Gasteiger partial charge is 0.388 e. The normalized spacial score (nSPS) is 10.3. The second kappa shape index (κ2) is 5.14. The Labute approximate surface area is 112 Å². The van der Waals surface area contributed by atoms with Gasteiger partial charge in [-0.1, -0.05) is 5.16 Å². The number of amides is 1. The minimum atomic E-state index is -0.195. The number of anilines is 2. The summed E-state index contributed by atoms with van der Waals surface area (Å²) in [6.07, 6.45) is 0. The molecule has 0 unspecified atom stereocenters. The predicted molar refractivity (Wildman–Crippen MR) is 74.7 cm³/mol. The first-order valence-electron chi connectivity index (χ1n) is 6.05. The molecule has 19 heavy (non-hydrogen) atoms. The zero-order valence-corrected chi connectivity index (χ0v) is 11.5. The summed E-state index contributed by atoms with van der Waals surface area (Å²) in [6.45, 7) is 5.59. The summed E-state index contributed by atoms with van der Waals surface area (Å²) in [5, 5.41) is 9.59. The molecule has 0 aliphatic rings. The van der Waals surface area contributed by atoms with Crippen molar-refractivity contribution in [1.82, 2.24) is 5.16 Å². The number of carbonyl (C=O) groups is 1. The summed E-state index contributed by atoms with van der Waals surface area (Å²) < 4.78 is 5.08. The van der Waals surface area contributed by atoms with Crippen molar-refractivity contribution in [3.05, 3.63) is 40.6 Å². The van der Waals surface area contributed by atoms with Crippen molar-refractivity contribution >= 4 is 17.5 Å². The third-order valence-corrected chi connectivity index (χ3v) is 3.14. The third-order valence-electron chi connectivity index (χ3n) is 3.14. The van der Waals surface area contributed by atoms with E-state index in [4.69, 9.17) is 4.52 Å². The number of benzene rings is 1. The Hall–Kier alpha value is -2.30. The average molecular weight is 259 g/mol. The Morgan fingerprint density at radius 1 is 1.26 bits per heavy atom. The predicted octanol–water partition coefficient (Wildman–Crippen LogP) is 2.89. The number of hydrogen-bond donors (Lipinski definition) is 2. The zero-order valence-electron chi connectivity index (χ0n) is 11.5. The second-order valence-corrected chi connectivity index (χ2v) is 4.46. The van der Waals surface area contributed by atoms with Crippen LogP contribution in [0.3, 0.4) is 0 Å². The Kier molecular flexibility index (Phi) is 3.55. The topological polar surface area (TPSA) is 67.2 Å². The minimum Gasteiger partial charge on any atom is -0.388 e. The van der Waals surface area contributed by atoms with Gasteiger partial charge in [0.15, 0.2) is 0 Å². The first kappa shape index (κ1) is 13.1. The van der Waals surface area contributed by atoms with Crippen LogP contribution in [0.4, 0.5) is 11.6 Å². The van der Waals surface area contributed by atoms with Gasteiger partial charge in [-0.25, -0.2) is 0 Å². The van der Waals surface area contributed by atoms with Gasteiger partial charge in [-0.3, -0.25) is 10.1 Å². The number of carbonyl (C=O) groups excluding carboxylic acids is 1. The van der Waals surface area contributed by atoms with E-state index in [2.05, 4.69) is 15.8 Å². The average Bonchev–Trinajstić information content (AvgIpc) is 2.70. The molecule has 0 saturated carbocycles. The van der Waals surface area contributed by atoms with Gasteiger partial charge in [0.1, 0.15) is 0 Å². The first-order chi connectivity index (χ1) is 9.02. The smallest absolute Gasteiger partial charge is 0.258 e. The molecule has 0 aliphatic carbocycles. The van der Waals surface area contributed by atoms with E-state index in [9.17, 15) is 4.79 Å². The van der Waals surface area contributed by atoms with E-state index < -0.39 is 0 Å². The number of nitrogens with one attached hydrogen (secondary N) is 2. The fraction of sp³-hybridized carbons (Fsp3) is 0.286. The lowest BCUT2D eigenvalue weighted by Crippen LogP contribution is -2.13. The SMILES string of the molecule is CNc1ccc(C(=O)Nc2onc(C)c2C)c(C)c1. The van der Waals surface area contributed by atoms with Crippen molar-refractivity contribution in [2.45, 2.75) is 20.8 Å². The first-order valence-corrected chi connectivity index (χ1v) is 6.05. The third kappa shape index (κ3) is 2.59. The number of nitrogens with zero attached hydrogens (tertiary/aromatic N) is 1. The van der Waals surface area contributed by atoms with Crippen LogP contribution in [0.25, 0.3) is 0 Å². The molecule has 2 N–H and O–H groups in total. The summed E-state index contributed by atoms with van der Waals surface area (Å²) in [6, 6.07) is 5.57. The molecule has 1 amide bonds. The minimum absolute atomic E-state index is 0.195. The molecule has 0 bridgehead atoms. The van der Waals surface area contributed by atoms with Crippen LogP contribution in [0, 0.1) is 20.8 Å². The number of aromatic nitrogens is 1. The molecule has 0 saturated heterocycles. The monoisotopic (exact) mass is 259 g/mol. The van der Waals surface area contributed by atoms with Gasteiger partial charge in [0, 0.05) is 23.9 Å². The van der Waals surface area contributed by atoms with Gasteiger partial charge in [-0.15, -0.1) is 0 Å². The van der Waals surface area contributed by atoms with Gasteiger partial charge < -0.3 is 9.84 Å². The van der Waals surface area contributed by atoms with E-state index in [1.807, 2.05) is 40.0 Å². The molecule has 5 nitrogen and oxygen atoms in total. The Morgan fingerprint density at radius 2 is 2.00 bits per heavy atom. The molecule has 0 aliphatic heterocycles. The highest BCUT2D eigenvalue weighted by molar-refractivity contribution is 6.05. The van der Waals surface area contributed by atoms with Crippen LogP contribution in [0.2, 0.25) is 0 Å². The number of hydrogen-bond acceptors (Lipinski definition) is 4. The Balaban J connectivity index is 2.23. The van der Waals surface area contributed by atoms with Gasteiger partial charge in [-0.05, 0) is 44.5 Å². The van der Waals surface area contributed by atoms with E-state index in [0.717, 1.165) is 22.5 Å². The Morgan fingerprint density at radius 3 is 2.53 bits per heavy atom.